The third-order valence-electron chi connectivity index (χ3n) is 3.89. The number of hydrogen-bond acceptors (Lipinski definition) is 5. The van der Waals surface area contributed by atoms with Crippen molar-refractivity contribution in [1.82, 2.24) is 18.9 Å². The molecule has 0 spiro atoms. The van der Waals surface area contributed by atoms with Crippen molar-refractivity contribution in [2.45, 2.75) is 6.30 Å². The molecule has 0 aliphatic heterocycles. The molecule has 0 aliphatic rings. The van der Waals surface area contributed by atoms with E-state index >= 15 is 0 Å². The molecule has 0 saturated carbocycles. The van der Waals surface area contributed by atoms with Crippen molar-refractivity contribution in [2.75, 3.05) is 5.73 Å². The fourth-order valence-electron chi connectivity index (χ4n) is 2.59. The molecular weight excluding hydrogens is 365 g/mol. The second-order valence-electron chi connectivity index (χ2n) is 5.50. The summed E-state index contributed by atoms with van der Waals surface area (Å²) < 4.78 is 40.7. The maximum atomic E-state index is 13.3. The van der Waals surface area contributed by atoms with Gasteiger partial charge in [0.05, 0.1) is 29.2 Å². The van der Waals surface area contributed by atoms with Gasteiger partial charge < -0.3 is 5.73 Å². The van der Waals surface area contributed by atoms with Crippen LogP contribution in [0, 0.1) is 11.3 Å². The van der Waals surface area contributed by atoms with Crippen LogP contribution in [0.4, 0.5) is 19.0 Å². The third-order valence-corrected chi connectivity index (χ3v) is 3.89. The molecule has 0 unspecified atom stereocenters. The van der Waals surface area contributed by atoms with E-state index in [0.717, 1.165) is 7.05 Å². The van der Waals surface area contributed by atoms with Crippen LogP contribution in [0.15, 0.2) is 46.1 Å². The number of nitrogen functional groups attached to an aromatic ring is 1. The zero-order chi connectivity index (χ0) is 19.9. The summed E-state index contributed by atoms with van der Waals surface area (Å²) in [5.41, 5.74) is 3.19. The quantitative estimate of drug-likeness (QED) is 0.725. The molecule has 1 aromatic carbocycles. The number of alkyl halides is 3. The maximum absolute atomic E-state index is 13.3. The average molecular weight is 376 g/mol. The van der Waals surface area contributed by atoms with E-state index in [-0.39, 0.29) is 5.69 Å². The van der Waals surface area contributed by atoms with Crippen LogP contribution in [0.5, 0.6) is 0 Å². The number of benzene rings is 1. The van der Waals surface area contributed by atoms with Gasteiger partial charge >= 0.3 is 12.0 Å². The van der Waals surface area contributed by atoms with Gasteiger partial charge in [0.15, 0.2) is 0 Å². The summed E-state index contributed by atoms with van der Waals surface area (Å²) >= 11 is 0. The Morgan fingerprint density at radius 3 is 2.33 bits per heavy atom. The largest absolute Gasteiger partial charge is 0.494 e. The number of hydrogen-bond donors (Lipinski definition) is 1. The van der Waals surface area contributed by atoms with E-state index in [0.29, 0.717) is 15.8 Å². The van der Waals surface area contributed by atoms with Crippen LogP contribution in [0.1, 0.15) is 5.56 Å². The normalized spacial score (nSPS) is 11.4. The van der Waals surface area contributed by atoms with Crippen molar-refractivity contribution >= 4 is 5.82 Å². The van der Waals surface area contributed by atoms with E-state index in [4.69, 9.17) is 11.0 Å². The maximum Gasteiger partial charge on any atom is 0.494 e. The molecule has 0 bridgehead atoms. The Bertz CT molecular complexity index is 1180. The summed E-state index contributed by atoms with van der Waals surface area (Å²) in [5, 5.41) is 12.9. The molecule has 0 aliphatic carbocycles. The Balaban J connectivity index is 2.33. The highest BCUT2D eigenvalue weighted by molar-refractivity contribution is 5.72. The number of halogens is 3. The highest BCUT2D eigenvalue weighted by Gasteiger charge is 2.37. The first-order chi connectivity index (χ1) is 12.7. The van der Waals surface area contributed by atoms with Gasteiger partial charge in [-0.3, -0.25) is 9.36 Å². The van der Waals surface area contributed by atoms with Crippen LogP contribution in [-0.4, -0.2) is 18.9 Å². The Kier molecular flexibility index (Phi) is 4.11. The van der Waals surface area contributed by atoms with Gasteiger partial charge in [-0.25, -0.2) is 9.48 Å². The minimum Gasteiger partial charge on any atom is -0.384 e. The second kappa shape index (κ2) is 6.17. The smallest absolute Gasteiger partial charge is 0.384 e. The summed E-state index contributed by atoms with van der Waals surface area (Å²) in [7, 11) is 0.929. The lowest BCUT2D eigenvalue weighted by molar-refractivity contribution is -0.205. The Morgan fingerprint density at radius 2 is 1.78 bits per heavy atom. The predicted molar refractivity (Wildman–Crippen MR) is 88.9 cm³/mol. The van der Waals surface area contributed by atoms with Gasteiger partial charge in [-0.2, -0.15) is 14.9 Å². The first-order valence-electron chi connectivity index (χ1n) is 7.40. The van der Waals surface area contributed by atoms with Crippen LogP contribution < -0.4 is 17.0 Å². The molecule has 0 amide bonds. The van der Waals surface area contributed by atoms with Gasteiger partial charge in [0.25, 0.3) is 5.56 Å². The van der Waals surface area contributed by atoms with Crippen molar-refractivity contribution in [3.63, 3.8) is 0 Å². The molecule has 11 heteroatoms. The summed E-state index contributed by atoms with van der Waals surface area (Å²) in [6, 6.07) is 9.23. The minimum atomic E-state index is -5.11. The van der Waals surface area contributed by atoms with E-state index in [1.54, 1.807) is 0 Å². The summed E-state index contributed by atoms with van der Waals surface area (Å²) in [6.45, 7) is 0. The van der Waals surface area contributed by atoms with Crippen molar-refractivity contribution in [1.29, 1.82) is 5.26 Å². The number of aromatic nitrogens is 4. The van der Waals surface area contributed by atoms with Crippen molar-refractivity contribution in [2.24, 2.45) is 7.05 Å². The van der Waals surface area contributed by atoms with E-state index in [1.807, 2.05) is 6.07 Å². The molecule has 2 aromatic heterocycles. The van der Waals surface area contributed by atoms with Crippen LogP contribution in [0.25, 0.3) is 16.9 Å². The molecule has 0 radical (unpaired) electrons. The zero-order valence-electron chi connectivity index (χ0n) is 13.7. The lowest BCUT2D eigenvalue weighted by Crippen LogP contribution is -2.44. The van der Waals surface area contributed by atoms with E-state index in [9.17, 15) is 22.8 Å². The summed E-state index contributed by atoms with van der Waals surface area (Å²) in [6.07, 6.45) is -3.84. The Labute approximate surface area is 149 Å². The summed E-state index contributed by atoms with van der Waals surface area (Å²) in [5.74, 6) is -1.04. The average Bonchev–Trinajstić information content (AvgIpc) is 3.08. The second-order valence-corrected chi connectivity index (χ2v) is 5.50. The number of anilines is 1. The predicted octanol–water partition coefficient (Wildman–Crippen LogP) is 1.33. The molecule has 27 heavy (non-hydrogen) atoms. The molecule has 3 aromatic rings. The lowest BCUT2D eigenvalue weighted by Gasteiger charge is -2.17. The number of nitriles is 1. The molecule has 2 N–H and O–H groups in total. The molecule has 3 rings (SSSR count). The van der Waals surface area contributed by atoms with Crippen molar-refractivity contribution < 1.29 is 13.2 Å². The minimum absolute atomic E-state index is 0.0317. The van der Waals surface area contributed by atoms with Gasteiger partial charge in [-0.05, 0) is 30.3 Å². The molecule has 2 heterocycles. The van der Waals surface area contributed by atoms with Gasteiger partial charge in [-0.15, -0.1) is 13.2 Å². The SMILES string of the molecule is Cn1c(=O)c(-c2ccnn2-c2ccc(C#N)cc2)c(N)n(C(F)(F)F)c1=O. The number of nitrogens with two attached hydrogens (primary N) is 1. The first-order valence-corrected chi connectivity index (χ1v) is 7.40. The molecule has 0 atom stereocenters. The van der Waals surface area contributed by atoms with Crippen molar-refractivity contribution in [3.05, 3.63) is 62.9 Å². The van der Waals surface area contributed by atoms with Gasteiger partial charge in [0, 0.05) is 7.05 Å². The molecule has 138 valence electrons. The van der Waals surface area contributed by atoms with Crippen LogP contribution in [0.3, 0.4) is 0 Å². The first kappa shape index (κ1) is 18.0. The molecular formula is C16H11F3N6O2. The highest BCUT2D eigenvalue weighted by atomic mass is 19.4. The molecule has 0 saturated heterocycles. The molecule has 8 nitrogen and oxygen atoms in total. The fourth-order valence-corrected chi connectivity index (χ4v) is 2.59. The monoisotopic (exact) mass is 376 g/mol. The van der Waals surface area contributed by atoms with Crippen molar-refractivity contribution in [3.8, 4) is 23.0 Å². The van der Waals surface area contributed by atoms with E-state index in [1.165, 1.54) is 41.2 Å². The van der Waals surface area contributed by atoms with Gasteiger partial charge in [-0.1, -0.05) is 0 Å². The number of nitrogens with zero attached hydrogens (tertiary/aromatic N) is 5. The zero-order valence-corrected chi connectivity index (χ0v) is 13.7. The third kappa shape index (κ3) is 2.86. The Morgan fingerprint density at radius 1 is 1.15 bits per heavy atom. The van der Waals surface area contributed by atoms with Crippen LogP contribution in [0.2, 0.25) is 0 Å². The summed E-state index contributed by atoms with van der Waals surface area (Å²) in [4.78, 5) is 24.4. The fraction of sp³-hybridized carbons (Fsp3) is 0.125. The van der Waals surface area contributed by atoms with Gasteiger partial charge in [0.1, 0.15) is 11.4 Å². The van der Waals surface area contributed by atoms with Crippen LogP contribution in [-0.2, 0) is 13.3 Å². The topological polar surface area (TPSA) is 112 Å². The highest BCUT2D eigenvalue weighted by Crippen LogP contribution is 2.29. The molecule has 0 fully saturated rings. The van der Waals surface area contributed by atoms with Crippen LogP contribution >= 0.6 is 0 Å². The number of rotatable bonds is 2. The van der Waals surface area contributed by atoms with E-state index < -0.39 is 33.5 Å². The van der Waals surface area contributed by atoms with Gasteiger partial charge in [0.2, 0.25) is 0 Å². The van der Waals surface area contributed by atoms with E-state index in [2.05, 4.69) is 5.10 Å². The Hall–Kier alpha value is -3.81. The standard InChI is InChI=1S/C16H11F3N6O2/c1-23-14(26)12(13(21)24(15(23)27)16(17,18)19)11-6-7-22-25(11)10-4-2-9(8-20)3-5-10/h2-7H,21H2,1H3. The lowest BCUT2D eigenvalue weighted by atomic mass is 10.2.